The minimum Gasteiger partial charge on any atom is -0.356 e. The molecule has 1 atom stereocenters. The van der Waals surface area contributed by atoms with Crippen LogP contribution < -0.4 is 5.32 Å². The quantitative estimate of drug-likeness (QED) is 0.719. The van der Waals surface area contributed by atoms with E-state index in [9.17, 15) is 14.4 Å². The molecule has 6 nitrogen and oxygen atoms in total. The van der Waals surface area contributed by atoms with E-state index >= 15 is 0 Å². The van der Waals surface area contributed by atoms with Gasteiger partial charge in [0.2, 0.25) is 17.7 Å². The molecule has 2 aliphatic heterocycles. The molecule has 3 fully saturated rings. The lowest BCUT2D eigenvalue weighted by molar-refractivity contribution is -0.137. The van der Waals surface area contributed by atoms with Crippen LogP contribution in [0.15, 0.2) is 12.2 Å². The van der Waals surface area contributed by atoms with Gasteiger partial charge in [-0.3, -0.25) is 14.4 Å². The van der Waals surface area contributed by atoms with Gasteiger partial charge in [0.25, 0.3) is 0 Å². The summed E-state index contributed by atoms with van der Waals surface area (Å²) in [5, 5.41) is 3.01. The molecule has 3 amide bonds. The standard InChI is InChI=1S/C21H31N3O3/c25-19-11-18(20(26)22-12-15-5-6-15)14-24(19)13-16-7-9-23(10-8-16)21(27)17-3-1-2-4-17/h1-2,15-18H,3-14H2,(H,22,26). The number of hydrogen-bond donors (Lipinski definition) is 1. The summed E-state index contributed by atoms with van der Waals surface area (Å²) in [6.45, 7) is 3.66. The molecule has 4 rings (SSSR count). The third kappa shape index (κ3) is 4.53. The molecule has 4 aliphatic rings. The van der Waals surface area contributed by atoms with Crippen LogP contribution in [0.2, 0.25) is 0 Å². The van der Waals surface area contributed by atoms with Gasteiger partial charge in [-0.1, -0.05) is 12.2 Å². The van der Waals surface area contributed by atoms with Crippen molar-refractivity contribution in [2.45, 2.75) is 44.9 Å². The Morgan fingerprint density at radius 2 is 1.70 bits per heavy atom. The summed E-state index contributed by atoms with van der Waals surface area (Å²) in [6, 6.07) is 0. The van der Waals surface area contributed by atoms with Crippen LogP contribution in [0.3, 0.4) is 0 Å². The number of likely N-dealkylation sites (tertiary alicyclic amines) is 2. The van der Waals surface area contributed by atoms with E-state index in [0.717, 1.165) is 51.9 Å². The van der Waals surface area contributed by atoms with E-state index in [0.29, 0.717) is 30.7 Å². The maximum atomic E-state index is 12.5. The lowest BCUT2D eigenvalue weighted by atomic mass is 9.94. The van der Waals surface area contributed by atoms with Crippen molar-refractivity contribution in [3.05, 3.63) is 12.2 Å². The molecule has 148 valence electrons. The van der Waals surface area contributed by atoms with Gasteiger partial charge >= 0.3 is 0 Å². The summed E-state index contributed by atoms with van der Waals surface area (Å²) >= 11 is 0. The van der Waals surface area contributed by atoms with Crippen LogP contribution >= 0.6 is 0 Å². The van der Waals surface area contributed by atoms with Gasteiger partial charge in [-0.15, -0.1) is 0 Å². The number of nitrogens with one attached hydrogen (secondary N) is 1. The van der Waals surface area contributed by atoms with Gasteiger partial charge in [-0.05, 0) is 50.4 Å². The van der Waals surface area contributed by atoms with Crippen molar-refractivity contribution in [1.82, 2.24) is 15.1 Å². The second-order valence-corrected chi connectivity index (χ2v) is 8.80. The van der Waals surface area contributed by atoms with Crippen LogP contribution in [0.25, 0.3) is 0 Å². The third-order valence-electron chi connectivity index (χ3n) is 6.61. The van der Waals surface area contributed by atoms with E-state index in [1.807, 2.05) is 9.80 Å². The Kier molecular flexibility index (Phi) is 5.50. The van der Waals surface area contributed by atoms with E-state index in [1.165, 1.54) is 12.8 Å². The number of piperidine rings is 1. The van der Waals surface area contributed by atoms with Crippen LogP contribution in [0.5, 0.6) is 0 Å². The summed E-state index contributed by atoms with van der Waals surface area (Å²) < 4.78 is 0. The lowest BCUT2D eigenvalue weighted by Gasteiger charge is -2.35. The molecule has 0 aromatic carbocycles. The maximum Gasteiger partial charge on any atom is 0.226 e. The SMILES string of the molecule is O=C(NCC1CC1)C1CC(=O)N(CC2CCN(C(=O)C3CC=CC3)CC2)C1. The van der Waals surface area contributed by atoms with E-state index in [1.54, 1.807) is 0 Å². The highest BCUT2D eigenvalue weighted by atomic mass is 16.2. The Hall–Kier alpha value is -1.85. The molecule has 2 aliphatic carbocycles. The highest BCUT2D eigenvalue weighted by molar-refractivity contribution is 5.89. The van der Waals surface area contributed by atoms with Gasteiger partial charge in [0.1, 0.15) is 0 Å². The first-order valence-corrected chi connectivity index (χ1v) is 10.6. The van der Waals surface area contributed by atoms with E-state index < -0.39 is 0 Å². The number of allylic oxidation sites excluding steroid dienone is 2. The van der Waals surface area contributed by atoms with Gasteiger partial charge in [0.05, 0.1) is 5.92 Å². The smallest absolute Gasteiger partial charge is 0.226 e. The molecule has 0 bridgehead atoms. The highest BCUT2D eigenvalue weighted by Gasteiger charge is 2.37. The monoisotopic (exact) mass is 373 g/mol. The van der Waals surface area contributed by atoms with Crippen molar-refractivity contribution in [2.75, 3.05) is 32.7 Å². The second-order valence-electron chi connectivity index (χ2n) is 8.80. The van der Waals surface area contributed by atoms with Crippen molar-refractivity contribution in [2.24, 2.45) is 23.7 Å². The number of nitrogens with zero attached hydrogens (tertiary/aromatic N) is 2. The van der Waals surface area contributed by atoms with Crippen molar-refractivity contribution in [3.8, 4) is 0 Å². The predicted molar refractivity (Wildman–Crippen MR) is 102 cm³/mol. The number of carbonyl (C=O) groups is 3. The molecular weight excluding hydrogens is 342 g/mol. The first-order chi connectivity index (χ1) is 13.1. The van der Waals surface area contributed by atoms with Crippen LogP contribution in [0, 0.1) is 23.7 Å². The molecule has 1 unspecified atom stereocenters. The summed E-state index contributed by atoms with van der Waals surface area (Å²) in [4.78, 5) is 41.0. The van der Waals surface area contributed by atoms with E-state index in [2.05, 4.69) is 17.5 Å². The number of hydrogen-bond acceptors (Lipinski definition) is 3. The summed E-state index contributed by atoms with van der Waals surface area (Å²) in [6.07, 6.45) is 10.7. The molecule has 0 aromatic heterocycles. The normalized spacial score (nSPS) is 26.8. The summed E-state index contributed by atoms with van der Waals surface area (Å²) in [5.74, 6) is 1.51. The minimum atomic E-state index is -0.187. The van der Waals surface area contributed by atoms with E-state index in [4.69, 9.17) is 0 Å². The van der Waals surface area contributed by atoms with Crippen molar-refractivity contribution in [3.63, 3.8) is 0 Å². The molecule has 2 heterocycles. The average molecular weight is 373 g/mol. The Balaban J connectivity index is 1.20. The van der Waals surface area contributed by atoms with Crippen molar-refractivity contribution in [1.29, 1.82) is 0 Å². The Bertz CT molecular complexity index is 612. The zero-order valence-corrected chi connectivity index (χ0v) is 16.1. The number of carbonyl (C=O) groups excluding carboxylic acids is 3. The molecular formula is C21H31N3O3. The summed E-state index contributed by atoms with van der Waals surface area (Å²) in [5.41, 5.74) is 0. The Morgan fingerprint density at radius 3 is 2.37 bits per heavy atom. The average Bonchev–Trinajstić information content (AvgIpc) is 3.20. The Labute approximate surface area is 161 Å². The topological polar surface area (TPSA) is 69.7 Å². The fourth-order valence-electron chi connectivity index (χ4n) is 4.56. The lowest BCUT2D eigenvalue weighted by Crippen LogP contribution is -2.44. The van der Waals surface area contributed by atoms with Crippen LogP contribution in [-0.2, 0) is 14.4 Å². The third-order valence-corrected chi connectivity index (χ3v) is 6.61. The second kappa shape index (κ2) is 8.03. The zero-order valence-electron chi connectivity index (χ0n) is 16.1. The van der Waals surface area contributed by atoms with Crippen molar-refractivity contribution >= 4 is 17.7 Å². The molecule has 2 saturated heterocycles. The van der Waals surface area contributed by atoms with E-state index in [-0.39, 0.29) is 23.7 Å². The molecule has 0 spiro atoms. The molecule has 1 N–H and O–H groups in total. The zero-order chi connectivity index (χ0) is 18.8. The van der Waals surface area contributed by atoms with Gasteiger partial charge in [0.15, 0.2) is 0 Å². The number of amides is 3. The molecule has 0 radical (unpaired) electrons. The first kappa shape index (κ1) is 18.5. The van der Waals surface area contributed by atoms with Gasteiger partial charge in [0, 0.05) is 45.1 Å². The first-order valence-electron chi connectivity index (χ1n) is 10.6. The van der Waals surface area contributed by atoms with Gasteiger partial charge in [-0.2, -0.15) is 0 Å². The fourth-order valence-corrected chi connectivity index (χ4v) is 4.56. The molecule has 6 heteroatoms. The minimum absolute atomic E-state index is 0.0448. The van der Waals surface area contributed by atoms with Crippen molar-refractivity contribution < 1.29 is 14.4 Å². The molecule has 1 saturated carbocycles. The number of rotatable bonds is 6. The van der Waals surface area contributed by atoms with Crippen LogP contribution in [0.4, 0.5) is 0 Å². The predicted octanol–water partition coefficient (Wildman–Crippen LogP) is 1.57. The van der Waals surface area contributed by atoms with Crippen LogP contribution in [0.1, 0.15) is 44.9 Å². The Morgan fingerprint density at radius 1 is 1.00 bits per heavy atom. The fraction of sp³-hybridized carbons (Fsp3) is 0.762. The largest absolute Gasteiger partial charge is 0.356 e. The van der Waals surface area contributed by atoms with Gasteiger partial charge < -0.3 is 15.1 Å². The molecule has 0 aromatic rings. The van der Waals surface area contributed by atoms with Crippen LogP contribution in [-0.4, -0.2) is 60.2 Å². The highest BCUT2D eigenvalue weighted by Crippen LogP contribution is 2.29. The maximum absolute atomic E-state index is 12.5. The summed E-state index contributed by atoms with van der Waals surface area (Å²) in [7, 11) is 0. The van der Waals surface area contributed by atoms with Gasteiger partial charge in [-0.25, -0.2) is 0 Å². The molecule has 27 heavy (non-hydrogen) atoms.